The lowest BCUT2D eigenvalue weighted by Gasteiger charge is -2.25. The molecule has 5 nitrogen and oxygen atoms in total. The maximum atomic E-state index is 12.7. The van der Waals surface area contributed by atoms with Crippen molar-refractivity contribution in [1.29, 1.82) is 0 Å². The molecule has 0 radical (unpaired) electrons. The molecule has 3 rings (SSSR count). The number of rotatable bonds is 8. The summed E-state index contributed by atoms with van der Waals surface area (Å²) in [4.78, 5) is 14.5. The molecule has 3 aromatic rings. The van der Waals surface area contributed by atoms with Gasteiger partial charge in [0.25, 0.3) is 0 Å². The van der Waals surface area contributed by atoms with E-state index in [0.29, 0.717) is 6.54 Å². The molecule has 1 heterocycles. The van der Waals surface area contributed by atoms with Gasteiger partial charge < -0.3 is 10.6 Å². The summed E-state index contributed by atoms with van der Waals surface area (Å²) in [6.07, 6.45) is 1.71. The van der Waals surface area contributed by atoms with Crippen LogP contribution in [0.25, 0.3) is 11.3 Å². The van der Waals surface area contributed by atoms with E-state index in [2.05, 4.69) is 16.3 Å². The molecular weight excluding hydrogens is 348 g/mol. The number of hydrogen-bond acceptors (Lipinski definition) is 3. The minimum absolute atomic E-state index is 0.0749. The Morgan fingerprint density at radius 3 is 2.43 bits per heavy atom. The molecule has 0 aliphatic rings. The van der Waals surface area contributed by atoms with Crippen LogP contribution in [0.2, 0.25) is 0 Å². The lowest BCUT2D eigenvalue weighted by Crippen LogP contribution is -2.37. The molecule has 2 atom stereocenters. The summed E-state index contributed by atoms with van der Waals surface area (Å²) in [5.41, 5.74) is 10.4. The van der Waals surface area contributed by atoms with E-state index in [4.69, 9.17) is 5.73 Å². The fourth-order valence-electron chi connectivity index (χ4n) is 3.33. The third kappa shape index (κ3) is 4.87. The van der Waals surface area contributed by atoms with Crippen LogP contribution in [-0.2, 0) is 11.2 Å². The molecular formula is C23H28N4O. The Morgan fingerprint density at radius 1 is 1.11 bits per heavy atom. The largest absolute Gasteiger partial charge is 0.345 e. The zero-order chi connectivity index (χ0) is 19.9. The van der Waals surface area contributed by atoms with Crippen LogP contribution in [0.1, 0.15) is 30.6 Å². The smallest absolute Gasteiger partial charge is 0.227 e. The van der Waals surface area contributed by atoms with E-state index in [-0.39, 0.29) is 17.9 Å². The molecule has 2 aromatic carbocycles. The number of aryl methyl sites for hydroxylation is 1. The van der Waals surface area contributed by atoms with E-state index in [9.17, 15) is 4.79 Å². The lowest BCUT2D eigenvalue weighted by atomic mass is 9.94. The first-order valence-corrected chi connectivity index (χ1v) is 9.71. The number of nitrogens with zero attached hydrogens (tertiary/aromatic N) is 2. The first-order valence-electron chi connectivity index (χ1n) is 9.71. The number of carbonyl (C=O) groups excluding carboxylic acids is 1. The average molecular weight is 377 g/mol. The first kappa shape index (κ1) is 19.8. The highest BCUT2D eigenvalue weighted by atomic mass is 16.2. The number of carbonyl (C=O) groups is 1. The van der Waals surface area contributed by atoms with Crippen molar-refractivity contribution in [2.24, 2.45) is 11.7 Å². The SMILES string of the molecule is CC(C(=O)N(C)CCCc1cc(-c2ccccc2)n[nH]1)C(N)c1ccccc1. The van der Waals surface area contributed by atoms with Crippen LogP contribution in [-0.4, -0.2) is 34.6 Å². The molecule has 0 spiro atoms. The minimum Gasteiger partial charge on any atom is -0.345 e. The average Bonchev–Trinajstić information content (AvgIpc) is 3.22. The van der Waals surface area contributed by atoms with Gasteiger partial charge in [-0.3, -0.25) is 9.89 Å². The maximum Gasteiger partial charge on any atom is 0.227 e. The molecule has 146 valence electrons. The number of nitrogens with one attached hydrogen (secondary N) is 1. The standard InChI is InChI=1S/C23H28N4O/c1-17(22(24)19-12-7-4-8-13-19)23(28)27(2)15-9-14-20-16-21(26-25-20)18-10-5-3-6-11-18/h3-8,10-13,16-17,22H,9,14-15,24H2,1-2H3,(H,25,26). The number of amides is 1. The zero-order valence-electron chi connectivity index (χ0n) is 16.5. The summed E-state index contributed by atoms with van der Waals surface area (Å²) in [6, 6.07) is 21.7. The van der Waals surface area contributed by atoms with Gasteiger partial charge in [-0.25, -0.2) is 0 Å². The second kappa shape index (κ2) is 9.33. The predicted octanol–water partition coefficient (Wildman–Crippen LogP) is 3.80. The monoisotopic (exact) mass is 376 g/mol. The highest BCUT2D eigenvalue weighted by molar-refractivity contribution is 5.79. The molecule has 0 aliphatic heterocycles. The van der Waals surface area contributed by atoms with Crippen molar-refractivity contribution in [2.45, 2.75) is 25.8 Å². The summed E-state index contributed by atoms with van der Waals surface area (Å²) in [6.45, 7) is 2.59. The fourth-order valence-corrected chi connectivity index (χ4v) is 3.33. The lowest BCUT2D eigenvalue weighted by molar-refractivity contribution is -0.134. The van der Waals surface area contributed by atoms with E-state index in [1.165, 1.54) is 0 Å². The van der Waals surface area contributed by atoms with Crippen molar-refractivity contribution in [2.75, 3.05) is 13.6 Å². The molecule has 0 saturated heterocycles. The number of nitrogens with two attached hydrogens (primary N) is 1. The summed E-state index contributed by atoms with van der Waals surface area (Å²) < 4.78 is 0. The molecule has 0 bridgehead atoms. The summed E-state index contributed by atoms with van der Waals surface area (Å²) in [7, 11) is 1.85. The maximum absolute atomic E-state index is 12.7. The van der Waals surface area contributed by atoms with Crippen molar-refractivity contribution in [3.05, 3.63) is 78.0 Å². The predicted molar refractivity (Wildman–Crippen MR) is 113 cm³/mol. The second-order valence-electron chi connectivity index (χ2n) is 7.23. The van der Waals surface area contributed by atoms with E-state index < -0.39 is 0 Å². The van der Waals surface area contributed by atoms with Crippen LogP contribution in [0.5, 0.6) is 0 Å². The molecule has 3 N–H and O–H groups in total. The van der Waals surface area contributed by atoms with Crippen LogP contribution >= 0.6 is 0 Å². The second-order valence-corrected chi connectivity index (χ2v) is 7.23. The molecule has 0 aliphatic carbocycles. The minimum atomic E-state index is -0.294. The molecule has 5 heteroatoms. The Morgan fingerprint density at radius 2 is 1.75 bits per heavy atom. The number of aromatic amines is 1. The van der Waals surface area contributed by atoms with Gasteiger partial charge in [-0.2, -0.15) is 5.10 Å². The van der Waals surface area contributed by atoms with Gasteiger partial charge in [-0.1, -0.05) is 67.6 Å². The Labute approximate surface area is 166 Å². The van der Waals surface area contributed by atoms with Gasteiger partial charge in [0, 0.05) is 30.9 Å². The molecule has 0 saturated carbocycles. The van der Waals surface area contributed by atoms with Crippen LogP contribution in [0.4, 0.5) is 0 Å². The highest BCUT2D eigenvalue weighted by Gasteiger charge is 2.24. The number of hydrogen-bond donors (Lipinski definition) is 2. The van der Waals surface area contributed by atoms with Crippen molar-refractivity contribution in [1.82, 2.24) is 15.1 Å². The van der Waals surface area contributed by atoms with Crippen molar-refractivity contribution in [3.8, 4) is 11.3 Å². The van der Waals surface area contributed by atoms with Gasteiger partial charge >= 0.3 is 0 Å². The van der Waals surface area contributed by atoms with Gasteiger partial charge in [0.1, 0.15) is 0 Å². The van der Waals surface area contributed by atoms with Crippen LogP contribution in [0.3, 0.4) is 0 Å². The fraction of sp³-hybridized carbons (Fsp3) is 0.304. The molecule has 28 heavy (non-hydrogen) atoms. The van der Waals surface area contributed by atoms with E-state index in [0.717, 1.165) is 35.4 Å². The van der Waals surface area contributed by atoms with Gasteiger partial charge in [0.2, 0.25) is 5.91 Å². The normalized spacial score (nSPS) is 13.1. The van der Waals surface area contributed by atoms with E-state index in [1.54, 1.807) is 4.90 Å². The van der Waals surface area contributed by atoms with Crippen molar-refractivity contribution in [3.63, 3.8) is 0 Å². The zero-order valence-corrected chi connectivity index (χ0v) is 16.5. The Kier molecular flexibility index (Phi) is 6.61. The quantitative estimate of drug-likeness (QED) is 0.628. The summed E-state index contributed by atoms with van der Waals surface area (Å²) in [5.74, 6) is -0.185. The highest BCUT2D eigenvalue weighted by Crippen LogP contribution is 2.21. The third-order valence-electron chi connectivity index (χ3n) is 5.13. The van der Waals surface area contributed by atoms with E-state index in [1.807, 2.05) is 74.6 Å². The summed E-state index contributed by atoms with van der Waals surface area (Å²) in [5, 5.41) is 7.48. The van der Waals surface area contributed by atoms with Crippen LogP contribution in [0.15, 0.2) is 66.7 Å². The topological polar surface area (TPSA) is 75.0 Å². The van der Waals surface area contributed by atoms with E-state index >= 15 is 0 Å². The summed E-state index contributed by atoms with van der Waals surface area (Å²) >= 11 is 0. The first-order chi connectivity index (χ1) is 13.6. The van der Waals surface area contributed by atoms with Gasteiger partial charge in [-0.05, 0) is 24.5 Å². The third-order valence-corrected chi connectivity index (χ3v) is 5.13. The molecule has 0 fully saturated rings. The Balaban J connectivity index is 1.49. The van der Waals surface area contributed by atoms with Gasteiger partial charge in [0.05, 0.1) is 11.6 Å². The van der Waals surface area contributed by atoms with Crippen molar-refractivity contribution < 1.29 is 4.79 Å². The number of aromatic nitrogens is 2. The van der Waals surface area contributed by atoms with Crippen molar-refractivity contribution >= 4 is 5.91 Å². The van der Waals surface area contributed by atoms with Crippen LogP contribution < -0.4 is 5.73 Å². The molecule has 1 aromatic heterocycles. The van der Waals surface area contributed by atoms with Gasteiger partial charge in [0.15, 0.2) is 0 Å². The Bertz CT molecular complexity index is 876. The van der Waals surface area contributed by atoms with Crippen LogP contribution in [0, 0.1) is 5.92 Å². The Hall–Kier alpha value is -2.92. The molecule has 1 amide bonds. The number of benzene rings is 2. The molecule has 2 unspecified atom stereocenters. The van der Waals surface area contributed by atoms with Gasteiger partial charge in [-0.15, -0.1) is 0 Å². The number of H-pyrrole nitrogens is 1.